The van der Waals surface area contributed by atoms with E-state index >= 15 is 0 Å². The molecule has 6 heterocycles. The van der Waals surface area contributed by atoms with Crippen molar-refractivity contribution in [1.82, 2.24) is 39.6 Å². The Hall–Kier alpha value is -4.87. The van der Waals surface area contributed by atoms with Gasteiger partial charge in [0.1, 0.15) is 23.4 Å². The number of hydrogen-bond donors (Lipinski definition) is 1. The molecular formula is C25H23N9O3. The predicted octanol–water partition coefficient (Wildman–Crippen LogP) is 1.94. The molecule has 6 rings (SSSR count). The molecule has 0 atom stereocenters. The number of H-pyrrole nitrogens is 1. The molecule has 0 spiro atoms. The largest absolute Gasteiger partial charge is 0.494 e. The Morgan fingerprint density at radius 3 is 2.59 bits per heavy atom. The fraction of sp³-hybridized carbons (Fsp3) is 0.240. The first-order valence-electron chi connectivity index (χ1n) is 11.8. The van der Waals surface area contributed by atoms with E-state index in [9.17, 15) is 9.59 Å². The number of fused-ring (bicyclic) bond motifs is 2. The van der Waals surface area contributed by atoms with Crippen molar-refractivity contribution in [2.45, 2.75) is 6.92 Å². The Morgan fingerprint density at radius 2 is 1.84 bits per heavy atom. The highest BCUT2D eigenvalue weighted by Crippen LogP contribution is 2.32. The lowest BCUT2D eigenvalue weighted by Crippen LogP contribution is -2.51. The van der Waals surface area contributed by atoms with Crippen molar-refractivity contribution in [3.8, 4) is 11.6 Å². The van der Waals surface area contributed by atoms with Crippen LogP contribution < -0.4 is 9.64 Å². The Kier molecular flexibility index (Phi) is 5.48. The summed E-state index contributed by atoms with van der Waals surface area (Å²) in [6.07, 6.45) is 8.07. The van der Waals surface area contributed by atoms with Crippen LogP contribution in [0.2, 0.25) is 0 Å². The summed E-state index contributed by atoms with van der Waals surface area (Å²) in [4.78, 5) is 51.0. The van der Waals surface area contributed by atoms with Crippen molar-refractivity contribution >= 4 is 39.3 Å². The van der Waals surface area contributed by atoms with Crippen LogP contribution in [0.3, 0.4) is 0 Å². The van der Waals surface area contributed by atoms with Crippen molar-refractivity contribution < 1.29 is 14.3 Å². The molecule has 5 aromatic heterocycles. The van der Waals surface area contributed by atoms with Crippen LogP contribution in [0.4, 0.5) is 5.82 Å². The first-order chi connectivity index (χ1) is 18.0. The average Bonchev–Trinajstić information content (AvgIpc) is 3.58. The molecule has 1 amide bonds. The number of ketones is 1. The topological polar surface area (TPSA) is 135 Å². The van der Waals surface area contributed by atoms with Gasteiger partial charge in [0.05, 0.1) is 29.8 Å². The van der Waals surface area contributed by atoms with Gasteiger partial charge in [-0.05, 0) is 19.1 Å². The molecule has 0 aliphatic carbocycles. The number of anilines is 1. The molecule has 0 bridgehead atoms. The summed E-state index contributed by atoms with van der Waals surface area (Å²) in [7, 11) is 1.49. The zero-order valence-corrected chi connectivity index (χ0v) is 20.2. The Labute approximate surface area is 210 Å². The Bertz CT molecular complexity index is 1640. The number of pyridine rings is 3. The maximum atomic E-state index is 13.4. The number of nitrogens with zero attached hydrogens (tertiary/aromatic N) is 8. The third kappa shape index (κ3) is 3.82. The first-order valence-corrected chi connectivity index (χ1v) is 11.8. The molecule has 1 fully saturated rings. The van der Waals surface area contributed by atoms with Gasteiger partial charge in [0, 0.05) is 50.2 Å². The predicted molar refractivity (Wildman–Crippen MR) is 135 cm³/mol. The van der Waals surface area contributed by atoms with Crippen molar-refractivity contribution in [2.24, 2.45) is 0 Å². The van der Waals surface area contributed by atoms with Gasteiger partial charge in [0.15, 0.2) is 11.6 Å². The maximum absolute atomic E-state index is 13.4. The number of hydrogen-bond acceptors (Lipinski definition) is 9. The number of aromatic amines is 1. The van der Waals surface area contributed by atoms with Gasteiger partial charge < -0.3 is 19.5 Å². The molecule has 1 N–H and O–H groups in total. The summed E-state index contributed by atoms with van der Waals surface area (Å²) in [6.45, 7) is 3.63. The van der Waals surface area contributed by atoms with E-state index in [1.165, 1.54) is 30.5 Å². The number of carbonyl (C=O) groups is 2. The minimum Gasteiger partial charge on any atom is -0.494 e. The van der Waals surface area contributed by atoms with Crippen LogP contribution in [-0.4, -0.2) is 84.6 Å². The second-order valence-electron chi connectivity index (χ2n) is 8.66. The molecule has 1 aliphatic heterocycles. The molecule has 37 heavy (non-hydrogen) atoms. The number of carbonyl (C=O) groups excluding carboxylic acids is 2. The molecule has 1 aliphatic rings. The normalized spacial score (nSPS) is 13.9. The van der Waals surface area contributed by atoms with Gasteiger partial charge in [-0.25, -0.2) is 19.6 Å². The van der Waals surface area contributed by atoms with E-state index in [0.717, 1.165) is 16.7 Å². The number of rotatable bonds is 5. The van der Waals surface area contributed by atoms with Crippen LogP contribution in [0.5, 0.6) is 5.75 Å². The van der Waals surface area contributed by atoms with Crippen LogP contribution in [0.25, 0.3) is 27.6 Å². The lowest BCUT2D eigenvalue weighted by Gasteiger charge is -2.35. The minimum absolute atomic E-state index is 0.222. The van der Waals surface area contributed by atoms with Crippen molar-refractivity contribution in [2.75, 3.05) is 38.2 Å². The molecule has 12 nitrogen and oxygen atoms in total. The summed E-state index contributed by atoms with van der Waals surface area (Å²) in [5, 5.41) is 5.79. The number of nitrogens with one attached hydrogen (secondary N) is 1. The number of amides is 1. The number of aryl methyl sites for hydroxylation is 1. The van der Waals surface area contributed by atoms with Crippen molar-refractivity contribution in [1.29, 1.82) is 0 Å². The molecule has 5 aromatic rings. The summed E-state index contributed by atoms with van der Waals surface area (Å²) in [5.41, 5.74) is 1.57. The quantitative estimate of drug-likeness (QED) is 0.285. The number of aromatic nitrogens is 7. The van der Waals surface area contributed by atoms with Gasteiger partial charge in [-0.15, -0.1) is 0 Å². The fourth-order valence-electron chi connectivity index (χ4n) is 4.66. The minimum atomic E-state index is -0.616. The second-order valence-corrected chi connectivity index (χ2v) is 8.66. The first kappa shape index (κ1) is 22.6. The van der Waals surface area contributed by atoms with Gasteiger partial charge in [-0.3, -0.25) is 14.6 Å². The van der Waals surface area contributed by atoms with E-state index in [-0.39, 0.29) is 5.56 Å². The van der Waals surface area contributed by atoms with Gasteiger partial charge in [-0.1, -0.05) is 6.07 Å². The Balaban J connectivity index is 1.25. The molecule has 0 aromatic carbocycles. The molecule has 0 saturated carbocycles. The third-order valence-corrected chi connectivity index (χ3v) is 6.50. The summed E-state index contributed by atoms with van der Waals surface area (Å²) in [6, 6.07) is 5.80. The number of methoxy groups -OCH3 is 1. The molecule has 12 heteroatoms. The van der Waals surface area contributed by atoms with Crippen molar-refractivity contribution in [3.63, 3.8) is 0 Å². The van der Waals surface area contributed by atoms with Crippen LogP contribution in [0, 0.1) is 6.92 Å². The zero-order chi connectivity index (χ0) is 25.5. The van der Waals surface area contributed by atoms with Crippen LogP contribution >= 0.6 is 0 Å². The summed E-state index contributed by atoms with van der Waals surface area (Å²) < 4.78 is 6.98. The van der Waals surface area contributed by atoms with E-state index in [1.54, 1.807) is 24.2 Å². The highest BCUT2D eigenvalue weighted by Gasteiger charge is 2.31. The van der Waals surface area contributed by atoms with Gasteiger partial charge in [0.2, 0.25) is 0 Å². The van der Waals surface area contributed by atoms with E-state index in [1.807, 2.05) is 18.2 Å². The molecule has 1 saturated heterocycles. The molecule has 0 unspecified atom stereocenters. The second kappa shape index (κ2) is 8.97. The lowest BCUT2D eigenvalue weighted by atomic mass is 10.1. The average molecular weight is 498 g/mol. The van der Waals surface area contributed by atoms with Crippen molar-refractivity contribution in [3.05, 3.63) is 60.7 Å². The zero-order valence-electron chi connectivity index (χ0n) is 20.2. The molecule has 0 radical (unpaired) electrons. The van der Waals surface area contributed by atoms with Gasteiger partial charge in [0.25, 0.3) is 11.7 Å². The van der Waals surface area contributed by atoms with E-state index in [2.05, 4.69) is 34.9 Å². The number of Topliss-reactive ketones (excluding diaryl/α,β-unsaturated/α-hetero) is 1. The number of ether oxygens (including phenoxy) is 1. The van der Waals surface area contributed by atoms with Gasteiger partial charge >= 0.3 is 0 Å². The van der Waals surface area contributed by atoms with Crippen LogP contribution in [0.1, 0.15) is 16.2 Å². The third-order valence-electron chi connectivity index (χ3n) is 6.50. The molecule has 186 valence electrons. The standard InChI is InChI=1S/C25H23N9O3/c1-15-30-14-34(31-15)24-21-19(18(37-2)13-29-24)17(12-28-21)22(35)25(36)33-10-8-32(9-11-33)23-20-16(5-7-27-23)4-3-6-26-20/h3-7,12-14,28H,8-11H2,1-2H3. The van der Waals surface area contributed by atoms with Crippen LogP contribution in [-0.2, 0) is 4.79 Å². The van der Waals surface area contributed by atoms with E-state index in [0.29, 0.717) is 54.5 Å². The summed E-state index contributed by atoms with van der Waals surface area (Å²) in [5.74, 6) is 1.01. The van der Waals surface area contributed by atoms with Gasteiger partial charge in [-0.2, -0.15) is 5.10 Å². The van der Waals surface area contributed by atoms with Crippen LogP contribution in [0.15, 0.2) is 49.3 Å². The SMILES string of the molecule is COc1cnc(-n2cnc(C)n2)c2[nH]cc(C(=O)C(=O)N3CCN(c4nccc5cccnc45)CC3)c12. The Morgan fingerprint density at radius 1 is 1.00 bits per heavy atom. The maximum Gasteiger partial charge on any atom is 0.295 e. The van der Waals surface area contributed by atoms with E-state index in [4.69, 9.17) is 4.74 Å². The lowest BCUT2D eigenvalue weighted by molar-refractivity contribution is -0.126. The molecular weight excluding hydrogens is 474 g/mol. The highest BCUT2D eigenvalue weighted by atomic mass is 16.5. The fourth-order valence-corrected chi connectivity index (χ4v) is 4.66. The monoisotopic (exact) mass is 497 g/mol. The van der Waals surface area contributed by atoms with E-state index < -0.39 is 11.7 Å². The highest BCUT2D eigenvalue weighted by molar-refractivity contribution is 6.45. The smallest absolute Gasteiger partial charge is 0.295 e. The number of piperazine rings is 1. The summed E-state index contributed by atoms with van der Waals surface area (Å²) >= 11 is 0.